The molecular formula is C47H76BrNO2. The Kier molecular flexibility index (Phi) is 12.8. The summed E-state index contributed by atoms with van der Waals surface area (Å²) in [5, 5.41) is 0. The molecule has 6 rings (SSSR count). The summed E-state index contributed by atoms with van der Waals surface area (Å²) in [5.41, 5.74) is 3.90. The number of ether oxygens (including phenoxy) is 1. The molecule has 0 spiro atoms. The summed E-state index contributed by atoms with van der Waals surface area (Å²) in [5.74, 6) is 3.48. The van der Waals surface area contributed by atoms with E-state index in [0.29, 0.717) is 33.6 Å². The number of rotatable bonds is 12. The van der Waals surface area contributed by atoms with Crippen LogP contribution in [0.15, 0.2) is 36.2 Å². The number of aromatic nitrogens is 1. The molecule has 0 aromatic carbocycles. The van der Waals surface area contributed by atoms with E-state index in [0.717, 1.165) is 30.7 Å². The van der Waals surface area contributed by atoms with Gasteiger partial charge in [0.25, 0.3) is 0 Å². The second-order valence-corrected chi connectivity index (χ2v) is 20.2. The first-order valence-electron chi connectivity index (χ1n) is 21.6. The third-order valence-electron chi connectivity index (χ3n) is 17.2. The van der Waals surface area contributed by atoms with Crippen molar-refractivity contribution in [2.24, 2.45) is 56.7 Å². The summed E-state index contributed by atoms with van der Waals surface area (Å²) in [6, 6.07) is 3.99. The molecule has 5 aliphatic rings. The van der Waals surface area contributed by atoms with Crippen molar-refractivity contribution >= 4 is 5.97 Å². The van der Waals surface area contributed by atoms with Gasteiger partial charge in [-0.2, -0.15) is 0 Å². The predicted molar refractivity (Wildman–Crippen MR) is 208 cm³/mol. The van der Waals surface area contributed by atoms with Crippen molar-refractivity contribution in [3.63, 3.8) is 0 Å². The monoisotopic (exact) mass is 766 g/mol. The summed E-state index contributed by atoms with van der Waals surface area (Å²) < 4.78 is 8.74. The van der Waals surface area contributed by atoms with Crippen LogP contribution in [0.1, 0.15) is 188 Å². The zero-order valence-corrected chi connectivity index (χ0v) is 36.0. The van der Waals surface area contributed by atoms with E-state index < -0.39 is 0 Å². The van der Waals surface area contributed by atoms with E-state index in [1.807, 2.05) is 23.9 Å². The lowest BCUT2D eigenvalue weighted by Crippen LogP contribution is -3.00. The van der Waals surface area contributed by atoms with Gasteiger partial charge in [-0.3, -0.25) is 0 Å². The Morgan fingerprint density at radius 1 is 0.824 bits per heavy atom. The topological polar surface area (TPSA) is 30.2 Å². The van der Waals surface area contributed by atoms with E-state index in [2.05, 4.69) is 79.2 Å². The van der Waals surface area contributed by atoms with E-state index in [9.17, 15) is 4.79 Å². The zero-order valence-electron chi connectivity index (χ0n) is 34.4. The fourth-order valence-corrected chi connectivity index (χ4v) is 13.6. The first-order chi connectivity index (χ1) is 23.7. The fourth-order valence-electron chi connectivity index (χ4n) is 13.6. The average molecular weight is 767 g/mol. The normalized spacial score (nSPS) is 39.7. The molecule has 4 fully saturated rings. The van der Waals surface area contributed by atoms with Crippen LogP contribution < -0.4 is 21.5 Å². The van der Waals surface area contributed by atoms with Crippen LogP contribution in [-0.4, -0.2) is 12.1 Å². The van der Waals surface area contributed by atoms with Crippen molar-refractivity contribution in [2.45, 2.75) is 191 Å². The van der Waals surface area contributed by atoms with Crippen molar-refractivity contribution in [3.8, 4) is 0 Å². The molecule has 0 radical (unpaired) electrons. The molecule has 5 aliphatic carbocycles. The van der Waals surface area contributed by atoms with Crippen molar-refractivity contribution in [1.82, 2.24) is 0 Å². The van der Waals surface area contributed by atoms with Gasteiger partial charge in [-0.25, -0.2) is 9.36 Å². The molecular weight excluding hydrogens is 690 g/mol. The SMILES string of the molecule is CCCCCCCCCCC[n+]1cccc(C(=O)O[C@H]2CC[C@]3(C)[C@H]4CC=C5[C@@H]6[C@@H](C)[C@H](C)CC[C@]6(C)CC[C@@]5(C)[C@]4(C)CC[C@H]3C2(C)C)c1.[Br-]. The molecule has 4 heteroatoms. The predicted octanol–water partition coefficient (Wildman–Crippen LogP) is 9.71. The van der Waals surface area contributed by atoms with Crippen LogP contribution in [0.25, 0.3) is 0 Å². The Balaban J connectivity index is 0.00000504. The zero-order chi connectivity index (χ0) is 36.0. The minimum atomic E-state index is -0.132. The molecule has 10 atom stereocenters. The van der Waals surface area contributed by atoms with Gasteiger partial charge in [0, 0.05) is 17.9 Å². The van der Waals surface area contributed by atoms with Crippen molar-refractivity contribution in [3.05, 3.63) is 41.7 Å². The minimum absolute atomic E-state index is 0. The molecule has 1 heterocycles. The van der Waals surface area contributed by atoms with E-state index in [1.54, 1.807) is 0 Å². The largest absolute Gasteiger partial charge is 1.00 e. The number of carbonyl (C=O) groups is 1. The number of carbonyl (C=O) groups excluding carboxylic acids is 1. The average Bonchev–Trinajstić information content (AvgIpc) is 3.08. The Bertz CT molecular complexity index is 1390. The summed E-state index contributed by atoms with van der Waals surface area (Å²) >= 11 is 0. The second kappa shape index (κ2) is 15.9. The molecule has 0 aliphatic heterocycles. The summed E-state index contributed by atoms with van der Waals surface area (Å²) in [4.78, 5) is 13.7. The Morgan fingerprint density at radius 3 is 2.22 bits per heavy atom. The molecule has 0 unspecified atom stereocenters. The quantitative estimate of drug-likeness (QED) is 0.0919. The van der Waals surface area contributed by atoms with Crippen LogP contribution in [0, 0.1) is 56.7 Å². The molecule has 1 aromatic heterocycles. The van der Waals surface area contributed by atoms with Gasteiger partial charge < -0.3 is 21.7 Å². The van der Waals surface area contributed by atoms with Gasteiger partial charge in [-0.05, 0) is 122 Å². The molecule has 4 saturated carbocycles. The lowest BCUT2D eigenvalue weighted by molar-refractivity contribution is -0.697. The highest BCUT2D eigenvalue weighted by Gasteiger charge is 2.68. The summed E-state index contributed by atoms with van der Waals surface area (Å²) in [7, 11) is 0. The number of nitrogens with zero attached hydrogens (tertiary/aromatic N) is 1. The number of aryl methyl sites for hydroxylation is 1. The Morgan fingerprint density at radius 2 is 1.51 bits per heavy atom. The van der Waals surface area contributed by atoms with Gasteiger partial charge >= 0.3 is 5.97 Å². The number of esters is 1. The van der Waals surface area contributed by atoms with Crippen molar-refractivity contribution in [1.29, 1.82) is 0 Å². The van der Waals surface area contributed by atoms with Gasteiger partial charge in [-0.15, -0.1) is 0 Å². The Labute approximate surface area is 324 Å². The van der Waals surface area contributed by atoms with E-state index in [4.69, 9.17) is 4.74 Å². The molecule has 288 valence electrons. The van der Waals surface area contributed by atoms with Crippen molar-refractivity contribution in [2.75, 3.05) is 0 Å². The summed E-state index contributed by atoms with van der Waals surface area (Å²) in [6.45, 7) is 24.0. The highest BCUT2D eigenvalue weighted by Crippen LogP contribution is 2.75. The van der Waals surface area contributed by atoms with Gasteiger partial charge in [-0.1, -0.05) is 119 Å². The second-order valence-electron chi connectivity index (χ2n) is 20.2. The maximum Gasteiger partial charge on any atom is 0.344 e. The smallest absolute Gasteiger partial charge is 0.344 e. The van der Waals surface area contributed by atoms with Crippen LogP contribution in [0.5, 0.6) is 0 Å². The third-order valence-corrected chi connectivity index (χ3v) is 17.2. The first kappa shape index (κ1) is 41.0. The maximum absolute atomic E-state index is 13.7. The number of hydrogen-bond acceptors (Lipinski definition) is 2. The van der Waals surface area contributed by atoms with Crippen molar-refractivity contribution < 1.29 is 31.1 Å². The molecule has 0 saturated heterocycles. The lowest BCUT2D eigenvalue weighted by Gasteiger charge is -2.71. The number of hydrogen-bond donors (Lipinski definition) is 0. The van der Waals surface area contributed by atoms with Crippen LogP contribution in [0.3, 0.4) is 0 Å². The number of unbranched alkanes of at least 4 members (excludes halogenated alkanes) is 8. The lowest BCUT2D eigenvalue weighted by atomic mass is 9.33. The molecule has 51 heavy (non-hydrogen) atoms. The highest BCUT2D eigenvalue weighted by atomic mass is 79.9. The minimum Gasteiger partial charge on any atom is -1.00 e. The van der Waals surface area contributed by atoms with Crippen LogP contribution in [0.2, 0.25) is 0 Å². The molecule has 0 N–H and O–H groups in total. The van der Waals surface area contributed by atoms with E-state index >= 15 is 0 Å². The van der Waals surface area contributed by atoms with Crippen LogP contribution in [0.4, 0.5) is 0 Å². The number of halogens is 1. The van der Waals surface area contributed by atoms with E-state index in [1.165, 1.54) is 109 Å². The summed E-state index contributed by atoms with van der Waals surface area (Å²) in [6.07, 6.45) is 30.4. The molecule has 1 aromatic rings. The van der Waals surface area contributed by atoms with Crippen LogP contribution in [-0.2, 0) is 11.3 Å². The standard InChI is InChI=1S/C47H76NO2.BrH/c1-10-11-12-13-14-15-16-17-18-31-48-32-19-20-36(33-48)42(49)50-40-25-27-45(7)38(43(40,4)5)24-28-47(9)39(45)22-21-37-41-35(3)34(2)23-26-44(41,6)29-30-46(37,47)8;/h19-21,32-35,38-41H,10-18,22-31H2,1-9H3;1H/q+1;/p-1/t34-,35+,38+,39-,40+,41+,44-,45+,46-,47-;/m1./s1. The maximum atomic E-state index is 13.7. The Hall–Kier alpha value is -1.16. The highest BCUT2D eigenvalue weighted by molar-refractivity contribution is 5.88. The number of fused-ring (bicyclic) bond motifs is 7. The first-order valence-corrected chi connectivity index (χ1v) is 21.6. The fraction of sp³-hybridized carbons (Fsp3) is 0.830. The van der Waals surface area contributed by atoms with Gasteiger partial charge in [0.15, 0.2) is 12.4 Å². The molecule has 3 nitrogen and oxygen atoms in total. The molecule has 0 amide bonds. The number of allylic oxidation sites excluding steroid dienone is 2. The van der Waals surface area contributed by atoms with Gasteiger partial charge in [0.05, 0.1) is 0 Å². The van der Waals surface area contributed by atoms with E-state index in [-0.39, 0.29) is 39.9 Å². The van der Waals surface area contributed by atoms with Gasteiger partial charge in [0.2, 0.25) is 0 Å². The van der Waals surface area contributed by atoms with Gasteiger partial charge in [0.1, 0.15) is 18.2 Å². The van der Waals surface area contributed by atoms with Crippen LogP contribution >= 0.6 is 0 Å². The number of pyridine rings is 1. The third kappa shape index (κ3) is 7.34. The molecule has 0 bridgehead atoms.